The SMILES string of the molecule is COC(=O)CC[C@@H](C)[C@H]1CC[C@H]2[C@@H]3[C@@H](OC)C[C@@H]4C[C@H](O)CC[C@]4(C)[C@H]3CC[C@]12C. The van der Waals surface area contributed by atoms with Crippen LogP contribution in [0.15, 0.2) is 0 Å². The highest BCUT2D eigenvalue weighted by molar-refractivity contribution is 5.69. The molecule has 0 amide bonds. The molecule has 0 spiro atoms. The Bertz CT molecular complexity index is 635. The average molecular weight is 421 g/mol. The third kappa shape index (κ3) is 3.54. The van der Waals surface area contributed by atoms with Gasteiger partial charge in [-0.3, -0.25) is 4.79 Å². The van der Waals surface area contributed by atoms with Gasteiger partial charge in [0.05, 0.1) is 19.3 Å². The maximum atomic E-state index is 11.7. The molecule has 0 aromatic heterocycles. The van der Waals surface area contributed by atoms with Crippen LogP contribution in [0.5, 0.6) is 0 Å². The number of esters is 1. The smallest absolute Gasteiger partial charge is 0.305 e. The van der Waals surface area contributed by atoms with E-state index in [9.17, 15) is 9.90 Å². The first kappa shape index (κ1) is 22.6. The second-order valence-corrected chi connectivity index (χ2v) is 11.8. The third-order valence-corrected chi connectivity index (χ3v) is 10.7. The zero-order valence-electron chi connectivity index (χ0n) is 19.9. The molecule has 0 saturated heterocycles. The summed E-state index contributed by atoms with van der Waals surface area (Å²) < 4.78 is 11.1. The summed E-state index contributed by atoms with van der Waals surface area (Å²) in [4.78, 5) is 11.7. The molecule has 0 aromatic carbocycles. The summed E-state index contributed by atoms with van der Waals surface area (Å²) in [5.74, 6) is 3.91. The van der Waals surface area contributed by atoms with Crippen LogP contribution in [-0.2, 0) is 14.3 Å². The summed E-state index contributed by atoms with van der Waals surface area (Å²) >= 11 is 0. The summed E-state index contributed by atoms with van der Waals surface area (Å²) in [7, 11) is 3.41. The summed E-state index contributed by atoms with van der Waals surface area (Å²) in [6, 6.07) is 0. The fourth-order valence-electron chi connectivity index (χ4n) is 9.05. The highest BCUT2D eigenvalue weighted by Crippen LogP contribution is 2.68. The number of methoxy groups -OCH3 is 2. The number of hydrogen-bond acceptors (Lipinski definition) is 4. The maximum Gasteiger partial charge on any atom is 0.305 e. The zero-order valence-corrected chi connectivity index (χ0v) is 19.9. The molecule has 10 atom stereocenters. The van der Waals surface area contributed by atoms with E-state index >= 15 is 0 Å². The standard InChI is InChI=1S/C26H44O4/c1-16(6-9-23(28)30-5)19-7-8-20-24-21(11-13-26(19,20)3)25(2)12-10-18(27)14-17(25)15-22(24)29-4/h16-22,24,27H,6-15H2,1-5H3/t16-,17+,18-,19-,20+,21+,22+,24+,25+,26-/m1/s1. The van der Waals surface area contributed by atoms with Crippen LogP contribution < -0.4 is 0 Å². The third-order valence-electron chi connectivity index (χ3n) is 10.7. The Morgan fingerprint density at radius 3 is 2.43 bits per heavy atom. The van der Waals surface area contributed by atoms with E-state index in [0.717, 1.165) is 37.5 Å². The first-order chi connectivity index (χ1) is 14.2. The number of ether oxygens (including phenoxy) is 2. The molecule has 4 fully saturated rings. The molecule has 0 heterocycles. The van der Waals surface area contributed by atoms with Gasteiger partial charge < -0.3 is 14.6 Å². The normalized spacial score (nSPS) is 48.9. The number of carbonyl (C=O) groups is 1. The van der Waals surface area contributed by atoms with Crippen LogP contribution in [0.4, 0.5) is 0 Å². The van der Waals surface area contributed by atoms with Crippen LogP contribution in [0.1, 0.15) is 85.0 Å². The Kier molecular flexibility index (Phi) is 6.31. The fourth-order valence-corrected chi connectivity index (χ4v) is 9.05. The number of aliphatic hydroxyl groups is 1. The van der Waals surface area contributed by atoms with Gasteiger partial charge in [-0.1, -0.05) is 20.8 Å². The fraction of sp³-hybridized carbons (Fsp3) is 0.962. The van der Waals surface area contributed by atoms with Crippen molar-refractivity contribution in [1.82, 2.24) is 0 Å². The van der Waals surface area contributed by atoms with E-state index in [-0.39, 0.29) is 12.1 Å². The lowest BCUT2D eigenvalue weighted by molar-refractivity contribution is -0.181. The second kappa shape index (κ2) is 8.39. The van der Waals surface area contributed by atoms with Crippen molar-refractivity contribution in [3.05, 3.63) is 0 Å². The molecule has 1 N–H and O–H groups in total. The van der Waals surface area contributed by atoms with Gasteiger partial charge in [-0.2, -0.15) is 0 Å². The molecule has 172 valence electrons. The predicted octanol–water partition coefficient (Wildman–Crippen LogP) is 5.22. The van der Waals surface area contributed by atoms with Crippen molar-refractivity contribution in [2.75, 3.05) is 14.2 Å². The first-order valence-corrected chi connectivity index (χ1v) is 12.5. The molecular weight excluding hydrogens is 376 g/mol. The Morgan fingerprint density at radius 2 is 1.73 bits per heavy atom. The molecule has 0 aliphatic heterocycles. The minimum Gasteiger partial charge on any atom is -0.469 e. The lowest BCUT2D eigenvalue weighted by atomic mass is 9.43. The molecule has 4 heteroatoms. The van der Waals surface area contributed by atoms with Crippen LogP contribution in [-0.4, -0.2) is 37.5 Å². The van der Waals surface area contributed by atoms with E-state index in [1.807, 2.05) is 7.11 Å². The van der Waals surface area contributed by atoms with Crippen molar-refractivity contribution >= 4 is 5.97 Å². The van der Waals surface area contributed by atoms with Gasteiger partial charge in [-0.05, 0) is 104 Å². The highest BCUT2D eigenvalue weighted by atomic mass is 16.5. The highest BCUT2D eigenvalue weighted by Gasteiger charge is 2.63. The lowest BCUT2D eigenvalue weighted by Gasteiger charge is -2.63. The number of carbonyl (C=O) groups excluding carboxylic acids is 1. The van der Waals surface area contributed by atoms with Crippen molar-refractivity contribution in [2.45, 2.75) is 97.2 Å². The molecule has 4 nitrogen and oxygen atoms in total. The van der Waals surface area contributed by atoms with Crippen LogP contribution >= 0.6 is 0 Å². The molecule has 0 aromatic rings. The first-order valence-electron chi connectivity index (χ1n) is 12.5. The quantitative estimate of drug-likeness (QED) is 0.620. The van der Waals surface area contributed by atoms with E-state index in [2.05, 4.69) is 20.8 Å². The Balaban J connectivity index is 1.55. The number of rotatable bonds is 5. The second-order valence-electron chi connectivity index (χ2n) is 11.8. The van der Waals surface area contributed by atoms with Crippen molar-refractivity contribution < 1.29 is 19.4 Å². The summed E-state index contributed by atoms with van der Waals surface area (Å²) in [5, 5.41) is 10.3. The van der Waals surface area contributed by atoms with Crippen LogP contribution in [0.2, 0.25) is 0 Å². The summed E-state index contributed by atoms with van der Waals surface area (Å²) in [6.45, 7) is 7.47. The molecule has 4 aliphatic rings. The van der Waals surface area contributed by atoms with E-state index in [1.165, 1.54) is 39.2 Å². The molecule has 0 radical (unpaired) electrons. The topological polar surface area (TPSA) is 55.8 Å². The van der Waals surface area contributed by atoms with Gasteiger partial charge >= 0.3 is 5.97 Å². The molecule has 4 rings (SSSR count). The van der Waals surface area contributed by atoms with Crippen molar-refractivity contribution in [1.29, 1.82) is 0 Å². The van der Waals surface area contributed by atoms with Crippen molar-refractivity contribution in [3.8, 4) is 0 Å². The van der Waals surface area contributed by atoms with Crippen LogP contribution in [0.25, 0.3) is 0 Å². The van der Waals surface area contributed by atoms with E-state index in [4.69, 9.17) is 9.47 Å². The molecule has 4 aliphatic carbocycles. The van der Waals surface area contributed by atoms with Gasteiger partial charge in [0, 0.05) is 13.5 Å². The van der Waals surface area contributed by atoms with Gasteiger partial charge in [0.25, 0.3) is 0 Å². The van der Waals surface area contributed by atoms with Gasteiger partial charge in [0.1, 0.15) is 0 Å². The van der Waals surface area contributed by atoms with Crippen molar-refractivity contribution in [3.63, 3.8) is 0 Å². The molecule has 30 heavy (non-hydrogen) atoms. The Labute approximate surface area is 183 Å². The van der Waals surface area contributed by atoms with Crippen LogP contribution in [0, 0.1) is 46.3 Å². The average Bonchev–Trinajstić information content (AvgIpc) is 3.09. The minimum absolute atomic E-state index is 0.0737. The molecular formula is C26H44O4. The van der Waals surface area contributed by atoms with E-state index < -0.39 is 0 Å². The van der Waals surface area contributed by atoms with Gasteiger partial charge in [0.2, 0.25) is 0 Å². The predicted molar refractivity (Wildman–Crippen MR) is 118 cm³/mol. The van der Waals surface area contributed by atoms with Gasteiger partial charge in [0.15, 0.2) is 0 Å². The van der Waals surface area contributed by atoms with Gasteiger partial charge in [-0.25, -0.2) is 0 Å². The monoisotopic (exact) mass is 420 g/mol. The Hall–Kier alpha value is -0.610. The zero-order chi connectivity index (χ0) is 21.7. The molecule has 0 bridgehead atoms. The Morgan fingerprint density at radius 1 is 1.03 bits per heavy atom. The number of hydrogen-bond donors (Lipinski definition) is 1. The van der Waals surface area contributed by atoms with Crippen LogP contribution in [0.3, 0.4) is 0 Å². The maximum absolute atomic E-state index is 11.7. The number of aliphatic hydroxyl groups excluding tert-OH is 1. The van der Waals surface area contributed by atoms with Crippen molar-refractivity contribution in [2.24, 2.45) is 46.3 Å². The summed E-state index contributed by atoms with van der Waals surface area (Å²) in [5.41, 5.74) is 0.736. The van der Waals surface area contributed by atoms with E-state index in [1.54, 1.807) is 0 Å². The largest absolute Gasteiger partial charge is 0.469 e. The molecule has 4 saturated carbocycles. The summed E-state index contributed by atoms with van der Waals surface area (Å²) in [6.07, 6.45) is 11.2. The molecule has 0 unspecified atom stereocenters. The lowest BCUT2D eigenvalue weighted by Crippen LogP contribution is -2.59. The minimum atomic E-state index is -0.113. The number of fused-ring (bicyclic) bond motifs is 5. The van der Waals surface area contributed by atoms with E-state index in [0.29, 0.717) is 47.0 Å². The van der Waals surface area contributed by atoms with Gasteiger partial charge in [-0.15, -0.1) is 0 Å².